The van der Waals surface area contributed by atoms with Crippen LogP contribution in [0.3, 0.4) is 0 Å². The molecule has 106 valence electrons. The molecule has 0 saturated carbocycles. The van der Waals surface area contributed by atoms with Crippen LogP contribution in [0.15, 0.2) is 88.7 Å². The zero-order chi connectivity index (χ0) is 14.9. The summed E-state index contributed by atoms with van der Waals surface area (Å²) in [6, 6.07) is 26.4. The van der Waals surface area contributed by atoms with E-state index in [4.69, 9.17) is 0 Å². The van der Waals surface area contributed by atoms with Crippen LogP contribution in [-0.4, -0.2) is 5.23 Å². The summed E-state index contributed by atoms with van der Waals surface area (Å²) >= 11 is 0. The third-order valence-electron chi connectivity index (χ3n) is 3.75. The van der Waals surface area contributed by atoms with Crippen molar-refractivity contribution >= 4 is 32.8 Å². The molecule has 0 saturated heterocycles. The number of carbonyl (C=O) groups excluding carboxylic acids is 1. The van der Waals surface area contributed by atoms with Crippen molar-refractivity contribution in [1.29, 1.82) is 0 Å². The van der Waals surface area contributed by atoms with Gasteiger partial charge in [-0.15, -0.1) is 0 Å². The van der Waals surface area contributed by atoms with E-state index in [2.05, 4.69) is 34.4 Å². The average Bonchev–Trinajstić information content (AvgIpc) is 2.60. The molecule has 1 heterocycles. The molecule has 3 aromatic carbocycles. The highest BCUT2D eigenvalue weighted by Gasteiger charge is 2.26. The van der Waals surface area contributed by atoms with Gasteiger partial charge in [-0.05, 0) is 46.9 Å². The Labute approximate surface area is 131 Å². The van der Waals surface area contributed by atoms with Gasteiger partial charge in [0.05, 0.1) is 11.4 Å². The van der Waals surface area contributed by atoms with Crippen molar-refractivity contribution in [3.8, 4) is 0 Å². The molecule has 0 aliphatic carbocycles. The minimum absolute atomic E-state index is 0.643. The number of nitrogens with zero attached hydrogens (tertiary/aromatic N) is 1. The van der Waals surface area contributed by atoms with E-state index in [9.17, 15) is 4.79 Å². The lowest BCUT2D eigenvalue weighted by Gasteiger charge is -2.33. The molecular weight excluding hydrogens is 290 g/mol. The van der Waals surface area contributed by atoms with Gasteiger partial charge >= 0.3 is 0 Å². The molecule has 0 N–H and O–H groups in total. The van der Waals surface area contributed by atoms with Gasteiger partial charge in [0.2, 0.25) is 0 Å². The number of para-hydroxylation sites is 3. The third kappa shape index (κ3) is 1.92. The first-order chi connectivity index (χ1) is 10.9. The van der Waals surface area contributed by atoms with Crippen LogP contribution in [-0.2, 0) is 4.79 Å². The molecule has 0 unspecified atom stereocenters. The number of hydrogen-bond donors (Lipinski definition) is 0. The standard InChI is InChI=1S/C19H13NOS/c21-14-22-18-12-6-4-10-16(18)20(15-8-2-1-3-9-15)17-11-5-7-13-19(17)22/h1-13H. The van der Waals surface area contributed by atoms with Gasteiger partial charge in [0.1, 0.15) is 0 Å². The lowest BCUT2D eigenvalue weighted by Crippen LogP contribution is -2.15. The van der Waals surface area contributed by atoms with Crippen LogP contribution in [0, 0.1) is 0 Å². The first-order valence-corrected chi connectivity index (χ1v) is 8.28. The van der Waals surface area contributed by atoms with E-state index in [1.807, 2.05) is 54.6 Å². The predicted octanol–water partition coefficient (Wildman–Crippen LogP) is 5.22. The molecule has 0 spiro atoms. The SMILES string of the molecule is O=C=S1c2ccccc2N(c2ccccc2)c2ccccc21. The Morgan fingerprint density at radius 2 is 1.18 bits per heavy atom. The molecule has 0 amide bonds. The fourth-order valence-electron chi connectivity index (χ4n) is 2.82. The Hall–Kier alpha value is -2.61. The minimum atomic E-state index is -0.643. The summed E-state index contributed by atoms with van der Waals surface area (Å²) in [7, 11) is -0.643. The molecule has 4 rings (SSSR count). The summed E-state index contributed by atoms with van der Waals surface area (Å²) in [5.41, 5.74) is 3.20. The maximum Gasteiger partial charge on any atom is 0.165 e. The van der Waals surface area contributed by atoms with Gasteiger partial charge < -0.3 is 4.90 Å². The van der Waals surface area contributed by atoms with Crippen LogP contribution in [0.25, 0.3) is 0 Å². The Morgan fingerprint density at radius 3 is 1.73 bits per heavy atom. The molecule has 0 aromatic heterocycles. The molecule has 3 heteroatoms. The first-order valence-electron chi connectivity index (χ1n) is 7.05. The van der Waals surface area contributed by atoms with E-state index in [-0.39, 0.29) is 0 Å². The van der Waals surface area contributed by atoms with E-state index in [1.165, 1.54) is 0 Å². The maximum atomic E-state index is 11.6. The molecule has 1 aliphatic rings. The van der Waals surface area contributed by atoms with E-state index < -0.39 is 10.5 Å². The van der Waals surface area contributed by atoms with Gasteiger partial charge in [-0.25, -0.2) is 4.79 Å². The van der Waals surface area contributed by atoms with Crippen LogP contribution < -0.4 is 4.90 Å². The average molecular weight is 303 g/mol. The second-order valence-corrected chi connectivity index (χ2v) is 6.65. The summed E-state index contributed by atoms with van der Waals surface area (Å²) < 4.78 is 0. The first kappa shape index (κ1) is 13.1. The molecule has 0 bridgehead atoms. The number of anilines is 3. The second kappa shape index (κ2) is 5.30. The van der Waals surface area contributed by atoms with Crippen LogP contribution in [0.1, 0.15) is 0 Å². The fraction of sp³-hybridized carbons (Fsp3) is 0. The molecule has 3 aromatic rings. The molecule has 22 heavy (non-hydrogen) atoms. The Kier molecular flexibility index (Phi) is 3.15. The monoisotopic (exact) mass is 303 g/mol. The van der Waals surface area contributed by atoms with Crippen molar-refractivity contribution in [2.75, 3.05) is 4.90 Å². The highest BCUT2D eigenvalue weighted by Crippen LogP contribution is 2.53. The zero-order valence-electron chi connectivity index (χ0n) is 11.8. The number of fused-ring (bicyclic) bond motifs is 2. The summed E-state index contributed by atoms with van der Waals surface area (Å²) in [5, 5.41) is 2.24. The molecular formula is C19H13NOS. The van der Waals surface area contributed by atoms with Crippen molar-refractivity contribution in [2.45, 2.75) is 9.79 Å². The van der Waals surface area contributed by atoms with E-state index in [0.717, 1.165) is 26.9 Å². The van der Waals surface area contributed by atoms with E-state index >= 15 is 0 Å². The number of hydrogen-bond acceptors (Lipinski definition) is 2. The normalized spacial score (nSPS) is 13.2. The topological polar surface area (TPSA) is 20.3 Å². The summed E-state index contributed by atoms with van der Waals surface area (Å²) in [5.74, 6) is 0. The third-order valence-corrected chi connectivity index (χ3v) is 5.49. The molecule has 0 radical (unpaired) electrons. The van der Waals surface area contributed by atoms with Crippen molar-refractivity contribution in [3.05, 3.63) is 78.9 Å². The zero-order valence-corrected chi connectivity index (χ0v) is 12.6. The number of rotatable bonds is 1. The lowest BCUT2D eigenvalue weighted by molar-refractivity contribution is 0.572. The quantitative estimate of drug-likeness (QED) is 0.449. The summed E-state index contributed by atoms with van der Waals surface area (Å²) in [4.78, 5) is 15.9. The van der Waals surface area contributed by atoms with Gasteiger partial charge in [-0.2, -0.15) is 0 Å². The van der Waals surface area contributed by atoms with Gasteiger partial charge in [0.25, 0.3) is 0 Å². The van der Waals surface area contributed by atoms with Crippen LogP contribution >= 0.6 is 10.5 Å². The van der Waals surface area contributed by atoms with E-state index in [1.54, 1.807) is 0 Å². The largest absolute Gasteiger partial charge is 0.308 e. The molecule has 0 atom stereocenters. The highest BCUT2D eigenvalue weighted by atomic mass is 32.2. The Morgan fingerprint density at radius 1 is 0.682 bits per heavy atom. The minimum Gasteiger partial charge on any atom is -0.308 e. The molecule has 1 aliphatic heterocycles. The van der Waals surface area contributed by atoms with Crippen LogP contribution in [0.4, 0.5) is 17.1 Å². The van der Waals surface area contributed by atoms with Crippen LogP contribution in [0.2, 0.25) is 0 Å². The Bertz CT molecular complexity index is 849. The van der Waals surface area contributed by atoms with Crippen molar-refractivity contribution in [2.24, 2.45) is 0 Å². The van der Waals surface area contributed by atoms with Crippen molar-refractivity contribution in [1.82, 2.24) is 0 Å². The van der Waals surface area contributed by atoms with Gasteiger partial charge in [0.15, 0.2) is 5.23 Å². The van der Waals surface area contributed by atoms with Crippen molar-refractivity contribution < 1.29 is 4.79 Å². The molecule has 0 fully saturated rings. The summed E-state index contributed by atoms with van der Waals surface area (Å²) in [6.45, 7) is 0. The Balaban J connectivity index is 2.07. The second-order valence-electron chi connectivity index (χ2n) is 5.00. The fourth-order valence-corrected chi connectivity index (χ4v) is 4.40. The lowest BCUT2D eigenvalue weighted by atomic mass is 10.2. The van der Waals surface area contributed by atoms with E-state index in [0.29, 0.717) is 0 Å². The van der Waals surface area contributed by atoms with Gasteiger partial charge in [-0.1, -0.05) is 42.5 Å². The molecule has 2 nitrogen and oxygen atoms in total. The van der Waals surface area contributed by atoms with Crippen molar-refractivity contribution in [3.63, 3.8) is 0 Å². The maximum absolute atomic E-state index is 11.6. The summed E-state index contributed by atoms with van der Waals surface area (Å²) in [6.07, 6.45) is 0. The smallest absolute Gasteiger partial charge is 0.165 e. The predicted molar refractivity (Wildman–Crippen MR) is 90.9 cm³/mol. The highest BCUT2D eigenvalue weighted by molar-refractivity contribution is 8.14. The number of benzene rings is 3. The van der Waals surface area contributed by atoms with Gasteiger partial charge in [-0.3, -0.25) is 0 Å². The van der Waals surface area contributed by atoms with Gasteiger partial charge in [0, 0.05) is 15.5 Å². The van der Waals surface area contributed by atoms with Crippen LogP contribution in [0.5, 0.6) is 0 Å².